The maximum absolute atomic E-state index is 13.2. The molecule has 148 valence electrons. The summed E-state index contributed by atoms with van der Waals surface area (Å²) in [6.07, 6.45) is 4.84. The van der Waals surface area contributed by atoms with Crippen molar-refractivity contribution in [2.45, 2.75) is 6.54 Å². The molecule has 1 aromatic carbocycles. The second-order valence-electron chi connectivity index (χ2n) is 6.80. The number of aromatic nitrogens is 3. The van der Waals surface area contributed by atoms with Gasteiger partial charge in [-0.2, -0.15) is 0 Å². The minimum atomic E-state index is -0.318. The normalized spacial score (nSPS) is 11.4. The lowest BCUT2D eigenvalue weighted by Gasteiger charge is -2.10. The predicted molar refractivity (Wildman–Crippen MR) is 117 cm³/mol. The molecule has 5 aromatic rings. The average Bonchev–Trinajstić information content (AvgIpc) is 3.22. The predicted octanol–water partition coefficient (Wildman–Crippen LogP) is 4.65. The van der Waals surface area contributed by atoms with Gasteiger partial charge >= 0.3 is 0 Å². The number of furan rings is 1. The minimum absolute atomic E-state index is 0.251. The number of benzene rings is 1. The van der Waals surface area contributed by atoms with Gasteiger partial charge in [-0.05, 0) is 48.5 Å². The lowest BCUT2D eigenvalue weighted by atomic mass is 10.2. The molecule has 0 saturated heterocycles. The van der Waals surface area contributed by atoms with Crippen molar-refractivity contribution in [3.8, 4) is 5.69 Å². The number of hydrogen-bond acceptors (Lipinski definition) is 4. The maximum atomic E-state index is 13.2. The van der Waals surface area contributed by atoms with E-state index in [1.54, 1.807) is 67.2 Å². The first-order valence-electron chi connectivity index (χ1n) is 9.04. The molecule has 4 aromatic heterocycles. The quantitative estimate of drug-likeness (QED) is 0.385. The number of pyridine rings is 3. The summed E-state index contributed by atoms with van der Waals surface area (Å²) >= 11 is 12.2. The molecule has 0 fully saturated rings. The molecule has 0 saturated carbocycles. The van der Waals surface area contributed by atoms with Crippen molar-refractivity contribution >= 4 is 45.0 Å². The van der Waals surface area contributed by atoms with Crippen LogP contribution in [0.5, 0.6) is 0 Å². The van der Waals surface area contributed by atoms with Crippen molar-refractivity contribution in [2.75, 3.05) is 0 Å². The molecule has 0 atom stereocenters. The molecule has 0 aliphatic rings. The summed E-state index contributed by atoms with van der Waals surface area (Å²) in [7, 11) is 0. The molecule has 5 rings (SSSR count). The summed E-state index contributed by atoms with van der Waals surface area (Å²) < 4.78 is 8.28. The fourth-order valence-corrected chi connectivity index (χ4v) is 3.96. The first-order valence-corrected chi connectivity index (χ1v) is 9.79. The van der Waals surface area contributed by atoms with Crippen molar-refractivity contribution < 1.29 is 4.42 Å². The highest BCUT2D eigenvalue weighted by Crippen LogP contribution is 2.22. The number of hydrogen-bond donors (Lipinski definition) is 0. The Balaban J connectivity index is 1.72. The van der Waals surface area contributed by atoms with Gasteiger partial charge in [-0.1, -0.05) is 23.2 Å². The number of fused-ring (bicyclic) bond motifs is 2. The number of rotatable bonds is 3. The highest BCUT2D eigenvalue weighted by atomic mass is 35.5. The first kappa shape index (κ1) is 18.7. The summed E-state index contributed by atoms with van der Waals surface area (Å²) in [4.78, 5) is 30.7. The minimum Gasteiger partial charge on any atom is -0.467 e. The summed E-state index contributed by atoms with van der Waals surface area (Å²) in [5, 5.41) is 1.52. The summed E-state index contributed by atoms with van der Waals surface area (Å²) in [6, 6.07) is 13.5. The van der Waals surface area contributed by atoms with Crippen molar-refractivity contribution in [1.82, 2.24) is 14.1 Å². The Bertz CT molecular complexity index is 1520. The Morgan fingerprint density at radius 3 is 2.27 bits per heavy atom. The van der Waals surface area contributed by atoms with Gasteiger partial charge in [-0.3, -0.25) is 14.2 Å². The zero-order valence-electron chi connectivity index (χ0n) is 15.4. The van der Waals surface area contributed by atoms with Crippen LogP contribution in [-0.4, -0.2) is 14.1 Å². The van der Waals surface area contributed by atoms with Crippen LogP contribution < -0.4 is 11.1 Å². The molecule has 0 aliphatic heterocycles. The third-order valence-corrected chi connectivity index (χ3v) is 5.28. The van der Waals surface area contributed by atoms with Gasteiger partial charge in [0.2, 0.25) is 0 Å². The van der Waals surface area contributed by atoms with E-state index >= 15 is 0 Å². The van der Waals surface area contributed by atoms with E-state index in [0.717, 1.165) is 0 Å². The Kier molecular flexibility index (Phi) is 4.46. The molecular formula is C22H13Cl2N3O3. The maximum Gasteiger partial charge on any atom is 0.264 e. The van der Waals surface area contributed by atoms with Crippen molar-refractivity contribution in [2.24, 2.45) is 0 Å². The van der Waals surface area contributed by atoms with Crippen molar-refractivity contribution in [3.63, 3.8) is 0 Å². The summed E-state index contributed by atoms with van der Waals surface area (Å²) in [5.41, 5.74) is 0.981. The number of nitrogens with zero attached hydrogens (tertiary/aromatic N) is 3. The standard InChI is InChI=1S/C22H13Cl2N3O3/c23-13-8-14(24)10-15(9-13)27-6-4-20-18(22(27)29)11-17-19(25-20)3-5-26(21(17)28)12-16-2-1-7-30-16/h1-11H,12H2. The van der Waals surface area contributed by atoms with Crippen LogP contribution >= 0.6 is 23.2 Å². The molecule has 0 unspecified atom stereocenters. The van der Waals surface area contributed by atoms with Crippen LogP contribution in [0, 0.1) is 0 Å². The zero-order chi connectivity index (χ0) is 20.8. The van der Waals surface area contributed by atoms with Gasteiger partial charge in [0, 0.05) is 22.4 Å². The highest BCUT2D eigenvalue weighted by Gasteiger charge is 2.12. The fraction of sp³-hybridized carbons (Fsp3) is 0.0455. The molecule has 4 heterocycles. The van der Waals surface area contributed by atoms with Gasteiger partial charge in [-0.25, -0.2) is 4.98 Å². The van der Waals surface area contributed by atoms with Gasteiger partial charge in [0.25, 0.3) is 11.1 Å². The van der Waals surface area contributed by atoms with Gasteiger partial charge in [0.15, 0.2) is 0 Å². The molecule has 8 heteroatoms. The molecule has 0 radical (unpaired) electrons. The summed E-state index contributed by atoms with van der Waals surface area (Å²) in [6.45, 7) is 0.292. The largest absolute Gasteiger partial charge is 0.467 e. The van der Waals surface area contributed by atoms with E-state index in [1.807, 2.05) is 0 Å². The average molecular weight is 438 g/mol. The van der Waals surface area contributed by atoms with E-state index in [2.05, 4.69) is 4.98 Å². The van der Waals surface area contributed by atoms with Crippen LogP contribution in [-0.2, 0) is 6.54 Å². The van der Waals surface area contributed by atoms with Crippen LogP contribution in [0.15, 0.2) is 81.2 Å². The van der Waals surface area contributed by atoms with Crippen LogP contribution in [0.3, 0.4) is 0 Å². The van der Waals surface area contributed by atoms with Crippen molar-refractivity contribution in [3.05, 3.63) is 104 Å². The lowest BCUT2D eigenvalue weighted by Crippen LogP contribution is -2.22. The van der Waals surface area contributed by atoms with Gasteiger partial charge in [0.1, 0.15) is 5.76 Å². The molecule has 0 spiro atoms. The van der Waals surface area contributed by atoms with Gasteiger partial charge < -0.3 is 8.98 Å². The van der Waals surface area contributed by atoms with Crippen molar-refractivity contribution in [1.29, 1.82) is 0 Å². The molecule has 0 aliphatic carbocycles. The Morgan fingerprint density at radius 1 is 0.867 bits per heavy atom. The van der Waals surface area contributed by atoms with E-state index in [0.29, 0.717) is 49.8 Å². The van der Waals surface area contributed by atoms with Crippen LogP contribution in [0.1, 0.15) is 5.76 Å². The molecule has 0 bridgehead atoms. The fourth-order valence-electron chi connectivity index (χ4n) is 3.44. The Labute approximate surface area is 179 Å². The SMILES string of the molecule is O=c1c2cc3c(=O)n(-c4cc(Cl)cc(Cl)c4)ccc3nc2ccn1Cc1ccco1. The van der Waals surface area contributed by atoms with E-state index < -0.39 is 0 Å². The topological polar surface area (TPSA) is 70.0 Å². The van der Waals surface area contributed by atoms with Gasteiger partial charge in [-0.15, -0.1) is 0 Å². The summed E-state index contributed by atoms with van der Waals surface area (Å²) in [5.74, 6) is 0.658. The third-order valence-electron chi connectivity index (χ3n) is 4.85. The Hall–Kier alpha value is -3.35. The number of halogens is 2. The lowest BCUT2D eigenvalue weighted by molar-refractivity contribution is 0.490. The zero-order valence-corrected chi connectivity index (χ0v) is 16.9. The van der Waals surface area contributed by atoms with Gasteiger partial charge in [0.05, 0.1) is 40.3 Å². The van der Waals surface area contributed by atoms with Crippen LogP contribution in [0.25, 0.3) is 27.5 Å². The first-order chi connectivity index (χ1) is 14.5. The molecule has 30 heavy (non-hydrogen) atoms. The third kappa shape index (κ3) is 3.20. The molecule has 0 amide bonds. The van der Waals surface area contributed by atoms with Crippen LogP contribution in [0.4, 0.5) is 0 Å². The second-order valence-corrected chi connectivity index (χ2v) is 7.67. The van der Waals surface area contributed by atoms with E-state index in [-0.39, 0.29) is 11.1 Å². The van der Waals surface area contributed by atoms with Crippen LogP contribution in [0.2, 0.25) is 10.0 Å². The Morgan fingerprint density at radius 2 is 1.57 bits per heavy atom. The van der Waals surface area contributed by atoms with E-state index in [1.165, 1.54) is 9.13 Å². The molecule has 6 nitrogen and oxygen atoms in total. The highest BCUT2D eigenvalue weighted by molar-refractivity contribution is 6.34. The van der Waals surface area contributed by atoms with E-state index in [4.69, 9.17) is 27.6 Å². The van der Waals surface area contributed by atoms with E-state index in [9.17, 15) is 9.59 Å². The molecule has 0 N–H and O–H groups in total. The second kappa shape index (κ2) is 7.16. The monoisotopic (exact) mass is 437 g/mol. The molecular weight excluding hydrogens is 425 g/mol. The smallest absolute Gasteiger partial charge is 0.264 e.